The molecule has 124 valence electrons. The van der Waals surface area contributed by atoms with E-state index in [0.717, 1.165) is 16.7 Å². The molecule has 1 fully saturated rings. The summed E-state index contributed by atoms with van der Waals surface area (Å²) in [6.45, 7) is 4.16. The Bertz CT molecular complexity index is 771. The van der Waals surface area contributed by atoms with Crippen molar-refractivity contribution in [2.75, 3.05) is 0 Å². The first-order chi connectivity index (χ1) is 11.5. The average molecular weight is 343 g/mol. The fourth-order valence-electron chi connectivity index (χ4n) is 3.02. The van der Waals surface area contributed by atoms with Crippen LogP contribution in [0.25, 0.3) is 0 Å². The number of urea groups is 1. The third kappa shape index (κ3) is 2.78. The van der Waals surface area contributed by atoms with Crippen molar-refractivity contribution in [3.63, 3.8) is 0 Å². The van der Waals surface area contributed by atoms with Crippen LogP contribution in [0.15, 0.2) is 48.5 Å². The molecular weight excluding hydrogens is 324 g/mol. The number of rotatable bonds is 4. The van der Waals surface area contributed by atoms with Gasteiger partial charge in [0, 0.05) is 5.02 Å². The number of aryl methyl sites for hydroxylation is 1. The Labute approximate surface area is 146 Å². The van der Waals surface area contributed by atoms with Gasteiger partial charge in [-0.2, -0.15) is 0 Å². The van der Waals surface area contributed by atoms with Gasteiger partial charge in [0.05, 0.1) is 6.54 Å². The van der Waals surface area contributed by atoms with E-state index in [1.165, 1.54) is 4.90 Å². The molecular formula is C19H19ClN2O2. The Balaban J connectivity index is 1.91. The van der Waals surface area contributed by atoms with Crippen molar-refractivity contribution in [3.05, 3.63) is 70.2 Å². The zero-order valence-electron chi connectivity index (χ0n) is 13.7. The highest BCUT2D eigenvalue weighted by atomic mass is 35.5. The summed E-state index contributed by atoms with van der Waals surface area (Å²) in [7, 11) is 0. The molecule has 3 rings (SSSR count). The third-order valence-corrected chi connectivity index (χ3v) is 4.76. The summed E-state index contributed by atoms with van der Waals surface area (Å²) in [5, 5.41) is 3.47. The highest BCUT2D eigenvalue weighted by molar-refractivity contribution is 6.30. The first-order valence-corrected chi connectivity index (χ1v) is 8.30. The maximum atomic E-state index is 13.0. The van der Waals surface area contributed by atoms with Crippen LogP contribution in [-0.2, 0) is 16.9 Å². The van der Waals surface area contributed by atoms with E-state index in [4.69, 9.17) is 11.6 Å². The molecule has 1 aliphatic heterocycles. The molecule has 24 heavy (non-hydrogen) atoms. The van der Waals surface area contributed by atoms with Gasteiger partial charge in [0.2, 0.25) is 0 Å². The fourth-order valence-corrected chi connectivity index (χ4v) is 3.15. The number of carbonyl (C=O) groups is 2. The number of carbonyl (C=O) groups excluding carboxylic acids is 2. The highest BCUT2D eigenvalue weighted by Crippen LogP contribution is 2.33. The standard InChI is InChI=1S/C19H19ClN2O2/c1-3-19(15-8-10-16(20)11-9-15)17(23)22(18(24)21-19)12-14-6-4-13(2)5-7-14/h4-11H,3,12H2,1-2H3,(H,21,24). The van der Waals surface area contributed by atoms with E-state index in [9.17, 15) is 9.59 Å². The molecule has 0 aromatic heterocycles. The van der Waals surface area contributed by atoms with Gasteiger partial charge in [-0.3, -0.25) is 9.69 Å². The molecule has 2 aromatic carbocycles. The molecule has 0 bridgehead atoms. The van der Waals surface area contributed by atoms with E-state index in [2.05, 4.69) is 5.32 Å². The van der Waals surface area contributed by atoms with E-state index < -0.39 is 5.54 Å². The lowest BCUT2D eigenvalue weighted by Gasteiger charge is -2.26. The van der Waals surface area contributed by atoms with Crippen molar-refractivity contribution in [2.24, 2.45) is 0 Å². The quantitative estimate of drug-likeness (QED) is 0.853. The number of halogens is 1. The number of nitrogens with one attached hydrogen (secondary N) is 1. The number of hydrogen-bond acceptors (Lipinski definition) is 2. The fraction of sp³-hybridized carbons (Fsp3) is 0.263. The largest absolute Gasteiger partial charge is 0.325 e. The Kier molecular flexibility index (Phi) is 4.33. The summed E-state index contributed by atoms with van der Waals surface area (Å²) in [6, 6.07) is 14.5. The summed E-state index contributed by atoms with van der Waals surface area (Å²) >= 11 is 5.94. The maximum Gasteiger partial charge on any atom is 0.325 e. The third-order valence-electron chi connectivity index (χ3n) is 4.50. The number of benzene rings is 2. The molecule has 1 atom stereocenters. The second kappa shape index (κ2) is 6.29. The Morgan fingerprint density at radius 2 is 1.67 bits per heavy atom. The Morgan fingerprint density at radius 3 is 2.25 bits per heavy atom. The smallest absolute Gasteiger partial charge is 0.319 e. The molecule has 3 amide bonds. The number of hydrogen-bond donors (Lipinski definition) is 1. The van der Waals surface area contributed by atoms with Crippen LogP contribution in [-0.4, -0.2) is 16.8 Å². The van der Waals surface area contributed by atoms with Crippen molar-refractivity contribution < 1.29 is 9.59 Å². The summed E-state index contributed by atoms with van der Waals surface area (Å²) in [5.74, 6) is -0.224. The van der Waals surface area contributed by atoms with Crippen LogP contribution in [0.4, 0.5) is 4.79 Å². The zero-order valence-corrected chi connectivity index (χ0v) is 14.4. The minimum Gasteiger partial charge on any atom is -0.319 e. The van der Waals surface area contributed by atoms with E-state index in [1.54, 1.807) is 24.3 Å². The summed E-state index contributed by atoms with van der Waals surface area (Å²) in [4.78, 5) is 26.8. The van der Waals surface area contributed by atoms with Crippen LogP contribution >= 0.6 is 11.6 Å². The van der Waals surface area contributed by atoms with Crippen molar-refractivity contribution in [3.8, 4) is 0 Å². The van der Waals surface area contributed by atoms with Gasteiger partial charge in [0.15, 0.2) is 0 Å². The molecule has 1 unspecified atom stereocenters. The van der Waals surface area contributed by atoms with Crippen LogP contribution in [0.2, 0.25) is 5.02 Å². The number of amides is 3. The van der Waals surface area contributed by atoms with Crippen molar-refractivity contribution in [1.82, 2.24) is 10.2 Å². The minimum absolute atomic E-state index is 0.224. The van der Waals surface area contributed by atoms with Gasteiger partial charge in [-0.15, -0.1) is 0 Å². The predicted molar refractivity (Wildman–Crippen MR) is 93.7 cm³/mol. The Morgan fingerprint density at radius 1 is 1.04 bits per heavy atom. The van der Waals surface area contributed by atoms with Crippen LogP contribution in [0, 0.1) is 6.92 Å². The predicted octanol–water partition coefficient (Wildman–Crippen LogP) is 4.01. The number of nitrogens with zero attached hydrogens (tertiary/aromatic N) is 1. The molecule has 1 aliphatic rings. The summed E-state index contributed by atoms with van der Waals surface area (Å²) in [6.07, 6.45) is 0.476. The van der Waals surface area contributed by atoms with Gasteiger partial charge in [-0.25, -0.2) is 4.79 Å². The normalized spacial score (nSPS) is 20.4. The van der Waals surface area contributed by atoms with Crippen LogP contribution in [0.1, 0.15) is 30.0 Å². The van der Waals surface area contributed by atoms with Gasteiger partial charge >= 0.3 is 6.03 Å². The average Bonchev–Trinajstić information content (AvgIpc) is 2.82. The number of imide groups is 1. The summed E-state index contributed by atoms with van der Waals surface area (Å²) < 4.78 is 0. The lowest BCUT2D eigenvalue weighted by atomic mass is 9.87. The van der Waals surface area contributed by atoms with Crippen LogP contribution in [0.3, 0.4) is 0 Å². The molecule has 0 saturated carbocycles. The lowest BCUT2D eigenvalue weighted by molar-refractivity contribution is -0.132. The van der Waals surface area contributed by atoms with Crippen molar-refractivity contribution in [1.29, 1.82) is 0 Å². The van der Waals surface area contributed by atoms with E-state index in [-0.39, 0.29) is 18.5 Å². The first kappa shape index (κ1) is 16.5. The topological polar surface area (TPSA) is 49.4 Å². The van der Waals surface area contributed by atoms with Gasteiger partial charge in [-0.05, 0) is 36.6 Å². The van der Waals surface area contributed by atoms with Gasteiger partial charge < -0.3 is 5.32 Å². The second-order valence-corrected chi connectivity index (χ2v) is 6.51. The zero-order chi connectivity index (χ0) is 17.3. The summed E-state index contributed by atoms with van der Waals surface area (Å²) in [5.41, 5.74) is 1.79. The van der Waals surface area contributed by atoms with Gasteiger partial charge in [0.1, 0.15) is 5.54 Å². The lowest BCUT2D eigenvalue weighted by Crippen LogP contribution is -2.43. The van der Waals surface area contributed by atoms with Crippen molar-refractivity contribution >= 4 is 23.5 Å². The van der Waals surface area contributed by atoms with E-state index in [0.29, 0.717) is 11.4 Å². The molecule has 1 heterocycles. The van der Waals surface area contributed by atoms with Gasteiger partial charge in [0.25, 0.3) is 5.91 Å². The van der Waals surface area contributed by atoms with E-state index in [1.807, 2.05) is 38.1 Å². The molecule has 0 aliphatic carbocycles. The highest BCUT2D eigenvalue weighted by Gasteiger charge is 2.51. The van der Waals surface area contributed by atoms with Crippen LogP contribution < -0.4 is 5.32 Å². The molecule has 5 heteroatoms. The molecule has 2 aromatic rings. The first-order valence-electron chi connectivity index (χ1n) is 7.92. The molecule has 0 radical (unpaired) electrons. The molecule has 0 spiro atoms. The van der Waals surface area contributed by atoms with Crippen molar-refractivity contribution in [2.45, 2.75) is 32.4 Å². The van der Waals surface area contributed by atoms with Gasteiger partial charge in [-0.1, -0.05) is 60.5 Å². The molecule has 4 nitrogen and oxygen atoms in total. The second-order valence-electron chi connectivity index (χ2n) is 6.07. The monoisotopic (exact) mass is 342 g/mol. The SMILES string of the molecule is CCC1(c2ccc(Cl)cc2)NC(=O)N(Cc2ccc(C)cc2)C1=O. The van der Waals surface area contributed by atoms with Crippen LogP contribution in [0.5, 0.6) is 0 Å². The van der Waals surface area contributed by atoms with E-state index >= 15 is 0 Å². The molecule has 1 N–H and O–H groups in total. The molecule has 1 saturated heterocycles. The Hall–Kier alpha value is -2.33. The minimum atomic E-state index is -1.02. The maximum absolute atomic E-state index is 13.0.